The standard InChI is InChI=1S/C18H22N2O/c1-4-5-16-10-12-20(13-11-16)15(3)18(21)19-17-8-6-14(2)7-9-17/h6-13,15H,4-5H2,1-3H3/p+1/t15-/m1/s1. The molecule has 1 amide bonds. The van der Waals surface area contributed by atoms with Crippen LogP contribution in [0.1, 0.15) is 37.4 Å². The Balaban J connectivity index is 2.02. The first-order chi connectivity index (χ1) is 10.1. The summed E-state index contributed by atoms with van der Waals surface area (Å²) in [5.41, 5.74) is 3.32. The molecule has 0 spiro atoms. The Morgan fingerprint density at radius 2 is 1.76 bits per heavy atom. The molecule has 21 heavy (non-hydrogen) atoms. The van der Waals surface area contributed by atoms with Gasteiger partial charge in [0.2, 0.25) is 6.04 Å². The van der Waals surface area contributed by atoms with Gasteiger partial charge in [0.15, 0.2) is 12.4 Å². The van der Waals surface area contributed by atoms with Crippen molar-refractivity contribution in [3.05, 3.63) is 59.9 Å². The monoisotopic (exact) mass is 283 g/mol. The van der Waals surface area contributed by atoms with Crippen molar-refractivity contribution in [2.45, 2.75) is 39.7 Å². The van der Waals surface area contributed by atoms with Crippen LogP contribution in [0, 0.1) is 6.92 Å². The molecule has 0 unspecified atom stereocenters. The number of hydrogen-bond donors (Lipinski definition) is 1. The van der Waals surface area contributed by atoms with E-state index in [4.69, 9.17) is 0 Å². The summed E-state index contributed by atoms with van der Waals surface area (Å²) < 4.78 is 1.93. The van der Waals surface area contributed by atoms with Crippen LogP contribution in [-0.4, -0.2) is 5.91 Å². The molecule has 0 aliphatic rings. The second kappa shape index (κ2) is 7.02. The summed E-state index contributed by atoms with van der Waals surface area (Å²) in [5, 5.41) is 2.95. The second-order valence-corrected chi connectivity index (χ2v) is 5.43. The van der Waals surface area contributed by atoms with Crippen molar-refractivity contribution in [2.24, 2.45) is 0 Å². The smallest absolute Gasteiger partial charge is 0.293 e. The van der Waals surface area contributed by atoms with Crippen LogP contribution in [0.3, 0.4) is 0 Å². The zero-order valence-corrected chi connectivity index (χ0v) is 13.0. The number of carbonyl (C=O) groups excluding carboxylic acids is 1. The molecule has 1 aromatic heterocycles. The Labute approximate surface area is 126 Å². The van der Waals surface area contributed by atoms with Gasteiger partial charge in [0, 0.05) is 24.7 Å². The molecular formula is C18H23N2O+. The van der Waals surface area contributed by atoms with E-state index in [0.29, 0.717) is 0 Å². The van der Waals surface area contributed by atoms with Gasteiger partial charge in [-0.3, -0.25) is 4.79 Å². The average Bonchev–Trinajstić information content (AvgIpc) is 2.50. The Morgan fingerprint density at radius 3 is 2.33 bits per heavy atom. The van der Waals surface area contributed by atoms with E-state index in [1.807, 2.05) is 55.1 Å². The summed E-state index contributed by atoms with van der Waals surface area (Å²) in [6.45, 7) is 6.10. The van der Waals surface area contributed by atoms with Crippen LogP contribution in [0.5, 0.6) is 0 Å². The molecule has 0 aliphatic heterocycles. The average molecular weight is 283 g/mol. The third-order valence-electron chi connectivity index (χ3n) is 3.61. The van der Waals surface area contributed by atoms with E-state index in [-0.39, 0.29) is 11.9 Å². The Kier molecular flexibility index (Phi) is 5.09. The zero-order chi connectivity index (χ0) is 15.2. The molecule has 0 aliphatic carbocycles. The number of hydrogen-bond acceptors (Lipinski definition) is 1. The van der Waals surface area contributed by atoms with E-state index >= 15 is 0 Å². The van der Waals surface area contributed by atoms with Gasteiger partial charge >= 0.3 is 0 Å². The highest BCUT2D eigenvalue weighted by molar-refractivity contribution is 5.92. The van der Waals surface area contributed by atoms with E-state index < -0.39 is 0 Å². The van der Waals surface area contributed by atoms with Crippen molar-refractivity contribution in [1.29, 1.82) is 0 Å². The number of anilines is 1. The minimum atomic E-state index is -0.234. The van der Waals surface area contributed by atoms with Gasteiger partial charge in [-0.1, -0.05) is 31.0 Å². The van der Waals surface area contributed by atoms with Crippen molar-refractivity contribution in [2.75, 3.05) is 5.32 Å². The number of aromatic nitrogens is 1. The third kappa shape index (κ3) is 4.15. The van der Waals surface area contributed by atoms with Gasteiger partial charge in [-0.15, -0.1) is 0 Å². The number of rotatable bonds is 5. The zero-order valence-electron chi connectivity index (χ0n) is 13.0. The predicted molar refractivity (Wildman–Crippen MR) is 85.2 cm³/mol. The minimum absolute atomic E-state index is 0.00732. The van der Waals surface area contributed by atoms with Crippen LogP contribution < -0.4 is 9.88 Å². The highest BCUT2D eigenvalue weighted by Gasteiger charge is 2.21. The summed E-state index contributed by atoms with van der Waals surface area (Å²) in [6, 6.07) is 11.8. The first kappa shape index (κ1) is 15.2. The molecule has 0 saturated carbocycles. The Morgan fingerprint density at radius 1 is 1.14 bits per heavy atom. The van der Waals surface area contributed by atoms with E-state index in [9.17, 15) is 4.79 Å². The normalized spacial score (nSPS) is 12.0. The van der Waals surface area contributed by atoms with E-state index in [1.54, 1.807) is 0 Å². The lowest BCUT2D eigenvalue weighted by Gasteiger charge is -2.09. The fourth-order valence-corrected chi connectivity index (χ4v) is 2.20. The summed E-state index contributed by atoms with van der Waals surface area (Å²) in [4.78, 5) is 12.3. The van der Waals surface area contributed by atoms with Crippen molar-refractivity contribution in [1.82, 2.24) is 0 Å². The highest BCUT2D eigenvalue weighted by atomic mass is 16.2. The van der Waals surface area contributed by atoms with Gasteiger partial charge < -0.3 is 5.32 Å². The molecule has 0 saturated heterocycles. The molecule has 3 heteroatoms. The van der Waals surface area contributed by atoms with Crippen molar-refractivity contribution in [3.8, 4) is 0 Å². The third-order valence-corrected chi connectivity index (χ3v) is 3.61. The number of nitrogens with zero attached hydrogens (tertiary/aromatic N) is 1. The SMILES string of the molecule is CCCc1cc[n+]([C@H](C)C(=O)Nc2ccc(C)cc2)cc1. The fourth-order valence-electron chi connectivity index (χ4n) is 2.20. The maximum atomic E-state index is 12.3. The number of nitrogens with one attached hydrogen (secondary N) is 1. The predicted octanol–water partition coefficient (Wildman–Crippen LogP) is 3.43. The second-order valence-electron chi connectivity index (χ2n) is 5.43. The van der Waals surface area contributed by atoms with Gasteiger partial charge in [-0.05, 0) is 31.0 Å². The van der Waals surface area contributed by atoms with E-state index in [0.717, 1.165) is 18.5 Å². The molecule has 3 nitrogen and oxygen atoms in total. The molecule has 1 heterocycles. The quantitative estimate of drug-likeness (QED) is 0.838. The highest BCUT2D eigenvalue weighted by Crippen LogP contribution is 2.10. The molecular weight excluding hydrogens is 260 g/mol. The molecule has 1 atom stereocenters. The van der Waals surface area contributed by atoms with Gasteiger partial charge in [0.05, 0.1) is 0 Å². The maximum Gasteiger partial charge on any atom is 0.293 e. The summed E-state index contributed by atoms with van der Waals surface area (Å²) >= 11 is 0. The molecule has 0 bridgehead atoms. The van der Waals surface area contributed by atoms with Crippen LogP contribution in [-0.2, 0) is 11.2 Å². The molecule has 110 valence electrons. The Hall–Kier alpha value is -2.16. The van der Waals surface area contributed by atoms with Crippen molar-refractivity contribution < 1.29 is 9.36 Å². The van der Waals surface area contributed by atoms with Crippen molar-refractivity contribution >= 4 is 11.6 Å². The molecule has 2 aromatic rings. The van der Waals surface area contributed by atoms with Crippen LogP contribution >= 0.6 is 0 Å². The van der Waals surface area contributed by atoms with E-state index in [1.165, 1.54) is 11.1 Å². The largest absolute Gasteiger partial charge is 0.320 e. The maximum absolute atomic E-state index is 12.3. The topological polar surface area (TPSA) is 33.0 Å². The molecule has 1 N–H and O–H groups in total. The van der Waals surface area contributed by atoms with Gasteiger partial charge in [0.1, 0.15) is 0 Å². The van der Waals surface area contributed by atoms with Crippen LogP contribution in [0.2, 0.25) is 0 Å². The van der Waals surface area contributed by atoms with Crippen LogP contribution in [0.4, 0.5) is 5.69 Å². The summed E-state index contributed by atoms with van der Waals surface area (Å²) in [5.74, 6) is -0.00732. The number of benzene rings is 1. The van der Waals surface area contributed by atoms with Gasteiger partial charge in [0.25, 0.3) is 5.91 Å². The minimum Gasteiger partial charge on any atom is -0.320 e. The lowest BCUT2D eigenvalue weighted by molar-refractivity contribution is -0.705. The number of aryl methyl sites for hydroxylation is 2. The summed E-state index contributed by atoms with van der Waals surface area (Å²) in [6.07, 6.45) is 6.16. The number of amides is 1. The van der Waals surface area contributed by atoms with Crippen molar-refractivity contribution in [3.63, 3.8) is 0 Å². The number of pyridine rings is 1. The summed E-state index contributed by atoms with van der Waals surface area (Å²) in [7, 11) is 0. The molecule has 1 aromatic carbocycles. The Bertz CT molecular complexity index is 588. The fraction of sp³-hybridized carbons (Fsp3) is 0.333. The van der Waals surface area contributed by atoms with Crippen LogP contribution in [0.25, 0.3) is 0 Å². The first-order valence-corrected chi connectivity index (χ1v) is 7.47. The lowest BCUT2D eigenvalue weighted by atomic mass is 10.1. The van der Waals surface area contributed by atoms with Gasteiger partial charge in [-0.2, -0.15) is 4.57 Å². The van der Waals surface area contributed by atoms with Crippen LogP contribution in [0.15, 0.2) is 48.8 Å². The lowest BCUT2D eigenvalue weighted by Crippen LogP contribution is -2.44. The number of carbonyl (C=O) groups is 1. The van der Waals surface area contributed by atoms with E-state index in [2.05, 4.69) is 24.4 Å². The first-order valence-electron chi connectivity index (χ1n) is 7.47. The molecule has 0 fully saturated rings. The molecule has 2 rings (SSSR count). The van der Waals surface area contributed by atoms with Gasteiger partial charge in [-0.25, -0.2) is 0 Å². The molecule has 0 radical (unpaired) electrons.